The first-order valence-corrected chi connectivity index (χ1v) is 7.59. The Morgan fingerprint density at radius 1 is 0.682 bits per heavy atom. The van der Waals surface area contributed by atoms with Crippen LogP contribution < -0.4 is 4.74 Å². The summed E-state index contributed by atoms with van der Waals surface area (Å²) < 4.78 is 5.40. The summed E-state index contributed by atoms with van der Waals surface area (Å²) in [6.07, 6.45) is 0. The van der Waals surface area contributed by atoms with E-state index in [2.05, 4.69) is 62.4 Å². The molecule has 0 aliphatic rings. The predicted octanol–water partition coefficient (Wildman–Crippen LogP) is 5.77. The molecule has 0 saturated heterocycles. The molecular formula is C21H18O. The number of hydrogen-bond acceptors (Lipinski definition) is 1. The molecule has 0 aromatic heterocycles. The summed E-state index contributed by atoms with van der Waals surface area (Å²) in [6, 6.07) is 19.5. The largest absolute Gasteiger partial charge is 0.497 e. The summed E-state index contributed by atoms with van der Waals surface area (Å²) in [7, 11) is 1.72. The topological polar surface area (TPSA) is 9.23 Å². The van der Waals surface area contributed by atoms with Gasteiger partial charge >= 0.3 is 0 Å². The quantitative estimate of drug-likeness (QED) is 0.319. The summed E-state index contributed by atoms with van der Waals surface area (Å²) in [6.45, 7) is 4.43. The van der Waals surface area contributed by atoms with Crippen molar-refractivity contribution in [3.05, 3.63) is 65.7 Å². The van der Waals surface area contributed by atoms with Crippen molar-refractivity contribution in [1.82, 2.24) is 0 Å². The van der Waals surface area contributed by atoms with E-state index in [1.165, 1.54) is 43.4 Å². The molecule has 0 unspecified atom stereocenters. The van der Waals surface area contributed by atoms with Gasteiger partial charge in [0.2, 0.25) is 0 Å². The fraction of sp³-hybridized carbons (Fsp3) is 0.143. The molecule has 0 fully saturated rings. The van der Waals surface area contributed by atoms with Gasteiger partial charge in [0.1, 0.15) is 5.75 Å². The maximum atomic E-state index is 5.40. The number of hydrogen-bond donors (Lipinski definition) is 0. The molecule has 0 N–H and O–H groups in total. The molecule has 108 valence electrons. The average molecular weight is 286 g/mol. The van der Waals surface area contributed by atoms with Gasteiger partial charge < -0.3 is 4.74 Å². The maximum absolute atomic E-state index is 5.40. The smallest absolute Gasteiger partial charge is 0.119 e. The molecule has 0 aliphatic carbocycles. The first-order chi connectivity index (χ1) is 10.7. The standard InChI is InChI=1S/C21H18O/c1-13-18-10-8-15-6-4-5-7-19(15)21(18)14(2)17-11-9-16(22-3)12-20(13)17/h4-12H,1-3H3. The second kappa shape index (κ2) is 4.74. The van der Waals surface area contributed by atoms with Gasteiger partial charge in [0.05, 0.1) is 7.11 Å². The molecule has 0 aliphatic heterocycles. The van der Waals surface area contributed by atoms with Crippen molar-refractivity contribution in [3.63, 3.8) is 0 Å². The molecule has 0 heterocycles. The van der Waals surface area contributed by atoms with Gasteiger partial charge in [-0.15, -0.1) is 0 Å². The first kappa shape index (κ1) is 13.1. The van der Waals surface area contributed by atoms with E-state index in [9.17, 15) is 0 Å². The molecule has 0 radical (unpaired) electrons. The van der Waals surface area contributed by atoms with Gasteiger partial charge in [-0.3, -0.25) is 0 Å². The van der Waals surface area contributed by atoms with Crippen LogP contribution in [0, 0.1) is 13.8 Å². The number of benzene rings is 4. The number of methoxy groups -OCH3 is 1. The normalized spacial score (nSPS) is 11.4. The van der Waals surface area contributed by atoms with Crippen LogP contribution in [0.1, 0.15) is 11.1 Å². The van der Waals surface area contributed by atoms with Gasteiger partial charge in [-0.05, 0) is 69.4 Å². The molecule has 4 aromatic carbocycles. The first-order valence-electron chi connectivity index (χ1n) is 7.59. The minimum atomic E-state index is 0.912. The summed E-state index contributed by atoms with van der Waals surface area (Å²) in [5.41, 5.74) is 2.66. The zero-order chi connectivity index (χ0) is 15.3. The van der Waals surface area contributed by atoms with E-state index in [4.69, 9.17) is 4.74 Å². The van der Waals surface area contributed by atoms with Crippen molar-refractivity contribution >= 4 is 32.3 Å². The summed E-state index contributed by atoms with van der Waals surface area (Å²) in [5, 5.41) is 7.91. The highest BCUT2D eigenvalue weighted by Gasteiger charge is 2.11. The summed E-state index contributed by atoms with van der Waals surface area (Å²) in [5.74, 6) is 0.912. The van der Waals surface area contributed by atoms with Crippen LogP contribution in [0.5, 0.6) is 5.75 Å². The average Bonchev–Trinajstić information content (AvgIpc) is 2.58. The van der Waals surface area contributed by atoms with Gasteiger partial charge in [0.15, 0.2) is 0 Å². The Balaban J connectivity index is 2.28. The molecule has 0 saturated carbocycles. The second-order valence-corrected chi connectivity index (χ2v) is 5.87. The van der Waals surface area contributed by atoms with Crippen LogP contribution in [-0.4, -0.2) is 7.11 Å². The van der Waals surface area contributed by atoms with E-state index in [1.807, 2.05) is 6.07 Å². The van der Waals surface area contributed by atoms with Crippen molar-refractivity contribution in [2.45, 2.75) is 13.8 Å². The molecule has 4 rings (SSSR count). The zero-order valence-corrected chi connectivity index (χ0v) is 13.1. The third-order valence-electron chi connectivity index (χ3n) is 4.74. The Labute approximate surface area is 130 Å². The molecule has 1 heteroatoms. The summed E-state index contributed by atoms with van der Waals surface area (Å²) >= 11 is 0. The van der Waals surface area contributed by atoms with Crippen LogP contribution in [0.25, 0.3) is 32.3 Å². The van der Waals surface area contributed by atoms with Crippen molar-refractivity contribution in [3.8, 4) is 5.75 Å². The van der Waals surface area contributed by atoms with E-state index in [0.717, 1.165) is 5.75 Å². The number of fused-ring (bicyclic) bond motifs is 4. The lowest BCUT2D eigenvalue weighted by atomic mass is 9.90. The fourth-order valence-corrected chi connectivity index (χ4v) is 3.56. The highest BCUT2D eigenvalue weighted by Crippen LogP contribution is 2.37. The Kier molecular flexibility index (Phi) is 2.83. The van der Waals surface area contributed by atoms with Crippen LogP contribution >= 0.6 is 0 Å². The lowest BCUT2D eigenvalue weighted by Crippen LogP contribution is -1.91. The zero-order valence-electron chi connectivity index (χ0n) is 13.1. The van der Waals surface area contributed by atoms with Crippen LogP contribution in [0.15, 0.2) is 54.6 Å². The molecule has 0 amide bonds. The van der Waals surface area contributed by atoms with Crippen LogP contribution in [0.3, 0.4) is 0 Å². The van der Waals surface area contributed by atoms with Crippen molar-refractivity contribution in [2.75, 3.05) is 7.11 Å². The molecule has 0 atom stereocenters. The van der Waals surface area contributed by atoms with Gasteiger partial charge in [-0.1, -0.05) is 42.5 Å². The van der Waals surface area contributed by atoms with E-state index in [-0.39, 0.29) is 0 Å². The lowest BCUT2D eigenvalue weighted by molar-refractivity contribution is 0.415. The Hall–Kier alpha value is -2.54. The van der Waals surface area contributed by atoms with Crippen molar-refractivity contribution < 1.29 is 4.74 Å². The fourth-order valence-electron chi connectivity index (χ4n) is 3.56. The van der Waals surface area contributed by atoms with Gasteiger partial charge in [-0.2, -0.15) is 0 Å². The molecule has 4 aromatic rings. The number of ether oxygens (including phenoxy) is 1. The van der Waals surface area contributed by atoms with Crippen molar-refractivity contribution in [2.24, 2.45) is 0 Å². The third-order valence-corrected chi connectivity index (χ3v) is 4.74. The molecule has 0 spiro atoms. The molecular weight excluding hydrogens is 268 g/mol. The highest BCUT2D eigenvalue weighted by atomic mass is 16.5. The monoisotopic (exact) mass is 286 g/mol. The van der Waals surface area contributed by atoms with Crippen molar-refractivity contribution in [1.29, 1.82) is 0 Å². The maximum Gasteiger partial charge on any atom is 0.119 e. The third kappa shape index (κ3) is 1.72. The van der Waals surface area contributed by atoms with E-state index in [1.54, 1.807) is 7.11 Å². The van der Waals surface area contributed by atoms with Gasteiger partial charge in [0.25, 0.3) is 0 Å². The second-order valence-electron chi connectivity index (χ2n) is 5.87. The van der Waals surface area contributed by atoms with E-state index < -0.39 is 0 Å². The lowest BCUT2D eigenvalue weighted by Gasteiger charge is -2.15. The Morgan fingerprint density at radius 3 is 2.27 bits per heavy atom. The minimum absolute atomic E-state index is 0.912. The Morgan fingerprint density at radius 2 is 1.45 bits per heavy atom. The number of aryl methyl sites for hydroxylation is 2. The van der Waals surface area contributed by atoms with Crippen LogP contribution in [0.2, 0.25) is 0 Å². The van der Waals surface area contributed by atoms with Gasteiger partial charge in [0, 0.05) is 0 Å². The minimum Gasteiger partial charge on any atom is -0.497 e. The van der Waals surface area contributed by atoms with Crippen LogP contribution in [-0.2, 0) is 0 Å². The van der Waals surface area contributed by atoms with E-state index in [0.29, 0.717) is 0 Å². The van der Waals surface area contributed by atoms with Gasteiger partial charge in [-0.25, -0.2) is 0 Å². The Bertz CT molecular complexity index is 1030. The van der Waals surface area contributed by atoms with E-state index >= 15 is 0 Å². The number of rotatable bonds is 1. The summed E-state index contributed by atoms with van der Waals surface area (Å²) in [4.78, 5) is 0. The van der Waals surface area contributed by atoms with Crippen LogP contribution in [0.4, 0.5) is 0 Å². The molecule has 1 nitrogen and oxygen atoms in total. The predicted molar refractivity (Wildman–Crippen MR) is 95.0 cm³/mol. The molecule has 0 bridgehead atoms. The highest BCUT2D eigenvalue weighted by molar-refractivity contribution is 6.16. The SMILES string of the molecule is COc1ccc2c(C)c3c(ccc4ccccc43)c(C)c2c1. The molecule has 22 heavy (non-hydrogen) atoms.